The number of carbonyl (C=O) groups excluding carboxylic acids is 1. The Balaban J connectivity index is 1.48. The summed E-state index contributed by atoms with van der Waals surface area (Å²) in [6.07, 6.45) is 4.48. The molecular weight excluding hydrogens is 246 g/mol. The van der Waals surface area contributed by atoms with Crippen molar-refractivity contribution in [3.05, 3.63) is 16.1 Å². The highest BCUT2D eigenvalue weighted by Gasteiger charge is 2.26. The number of amides is 1. The van der Waals surface area contributed by atoms with Gasteiger partial charge >= 0.3 is 0 Å². The van der Waals surface area contributed by atoms with Crippen LogP contribution in [0.25, 0.3) is 0 Å². The van der Waals surface area contributed by atoms with E-state index >= 15 is 0 Å². The Hall–Kier alpha value is -0.940. The zero-order valence-corrected chi connectivity index (χ0v) is 11.3. The summed E-state index contributed by atoms with van der Waals surface area (Å²) in [6.45, 7) is 2.52. The number of nitrogens with one attached hydrogen (secondary N) is 2. The first-order valence-corrected chi connectivity index (χ1v) is 7.63. The van der Waals surface area contributed by atoms with Gasteiger partial charge in [0.2, 0.25) is 5.91 Å². The third-order valence-electron chi connectivity index (χ3n) is 3.69. The number of thiazole rings is 1. The van der Waals surface area contributed by atoms with E-state index in [9.17, 15) is 4.79 Å². The van der Waals surface area contributed by atoms with Gasteiger partial charge < -0.3 is 10.6 Å². The summed E-state index contributed by atoms with van der Waals surface area (Å²) in [6, 6.07) is 0. The molecule has 18 heavy (non-hydrogen) atoms. The van der Waals surface area contributed by atoms with Gasteiger partial charge in [0.1, 0.15) is 5.01 Å². The van der Waals surface area contributed by atoms with Gasteiger partial charge in [0, 0.05) is 17.2 Å². The lowest BCUT2D eigenvalue weighted by Gasteiger charge is -2.21. The molecule has 2 N–H and O–H groups in total. The van der Waals surface area contributed by atoms with Crippen LogP contribution >= 0.6 is 11.3 Å². The second-order valence-electron chi connectivity index (χ2n) is 5.18. The zero-order valence-electron chi connectivity index (χ0n) is 10.4. The maximum atomic E-state index is 12.0. The van der Waals surface area contributed by atoms with Crippen molar-refractivity contribution in [1.29, 1.82) is 0 Å². The molecule has 1 aliphatic heterocycles. The lowest BCUT2D eigenvalue weighted by molar-refractivity contribution is -0.125. The van der Waals surface area contributed by atoms with Crippen LogP contribution in [0.15, 0.2) is 5.38 Å². The summed E-state index contributed by atoms with van der Waals surface area (Å²) >= 11 is 1.67. The molecule has 1 aromatic rings. The van der Waals surface area contributed by atoms with E-state index in [1.54, 1.807) is 11.3 Å². The molecular formula is C13H19N3OS. The number of nitrogens with zero attached hydrogens (tertiary/aromatic N) is 1. The van der Waals surface area contributed by atoms with Crippen LogP contribution in [0.5, 0.6) is 0 Å². The van der Waals surface area contributed by atoms with E-state index < -0.39 is 0 Å². The van der Waals surface area contributed by atoms with Crippen molar-refractivity contribution >= 4 is 17.2 Å². The summed E-state index contributed by atoms with van der Waals surface area (Å²) in [5.74, 6) is 1.09. The highest BCUT2D eigenvalue weighted by Crippen LogP contribution is 2.40. The highest BCUT2D eigenvalue weighted by molar-refractivity contribution is 7.09. The largest absolute Gasteiger partial charge is 0.349 e. The van der Waals surface area contributed by atoms with Crippen molar-refractivity contribution in [3.63, 3.8) is 0 Å². The van der Waals surface area contributed by atoms with Gasteiger partial charge in [-0.1, -0.05) is 0 Å². The Kier molecular flexibility index (Phi) is 3.61. The number of carbonyl (C=O) groups is 1. The van der Waals surface area contributed by atoms with Crippen molar-refractivity contribution in [2.24, 2.45) is 5.92 Å². The Bertz CT molecular complexity index is 422. The van der Waals surface area contributed by atoms with E-state index in [-0.39, 0.29) is 11.8 Å². The van der Waals surface area contributed by atoms with Crippen molar-refractivity contribution in [3.8, 4) is 0 Å². The molecule has 4 nitrogen and oxygen atoms in total. The molecule has 0 atom stereocenters. The van der Waals surface area contributed by atoms with Crippen LogP contribution in [0, 0.1) is 5.92 Å². The lowest BCUT2D eigenvalue weighted by Crippen LogP contribution is -2.37. The van der Waals surface area contributed by atoms with Crippen LogP contribution in [0.3, 0.4) is 0 Å². The fourth-order valence-electron chi connectivity index (χ4n) is 2.36. The predicted molar refractivity (Wildman–Crippen MR) is 71.5 cm³/mol. The average Bonchev–Trinajstić information content (AvgIpc) is 3.16. The quantitative estimate of drug-likeness (QED) is 0.870. The predicted octanol–water partition coefficient (Wildman–Crippen LogP) is 1.64. The number of piperidine rings is 1. The minimum Gasteiger partial charge on any atom is -0.349 e. The van der Waals surface area contributed by atoms with Gasteiger partial charge in [-0.25, -0.2) is 4.98 Å². The Morgan fingerprint density at radius 2 is 2.17 bits per heavy atom. The molecule has 0 spiro atoms. The normalized spacial score (nSPS) is 20.9. The van der Waals surface area contributed by atoms with Gasteiger partial charge in [-0.3, -0.25) is 4.79 Å². The number of hydrogen-bond donors (Lipinski definition) is 2. The molecule has 2 fully saturated rings. The third-order valence-corrected chi connectivity index (χ3v) is 4.56. The lowest BCUT2D eigenvalue weighted by atomic mass is 9.97. The fraction of sp³-hybridized carbons (Fsp3) is 0.692. The minimum absolute atomic E-state index is 0.189. The molecule has 1 amide bonds. The molecule has 3 rings (SSSR count). The SMILES string of the molecule is O=C(NCc1nc(C2CC2)cs1)C1CCNCC1. The Morgan fingerprint density at radius 1 is 1.39 bits per heavy atom. The molecule has 2 aliphatic rings. The number of aromatic nitrogens is 1. The van der Waals surface area contributed by atoms with E-state index in [1.807, 2.05) is 0 Å². The molecule has 1 saturated heterocycles. The van der Waals surface area contributed by atoms with Gasteiger partial charge in [0.15, 0.2) is 0 Å². The maximum absolute atomic E-state index is 12.0. The summed E-state index contributed by atoms with van der Waals surface area (Å²) in [7, 11) is 0. The Morgan fingerprint density at radius 3 is 2.89 bits per heavy atom. The highest BCUT2D eigenvalue weighted by atomic mass is 32.1. The van der Waals surface area contributed by atoms with Gasteiger partial charge in [-0.05, 0) is 38.8 Å². The molecule has 0 unspecified atom stereocenters. The van der Waals surface area contributed by atoms with Crippen molar-refractivity contribution in [2.75, 3.05) is 13.1 Å². The van der Waals surface area contributed by atoms with Crippen LogP contribution < -0.4 is 10.6 Å². The van der Waals surface area contributed by atoms with Gasteiger partial charge in [-0.15, -0.1) is 11.3 Å². The second-order valence-corrected chi connectivity index (χ2v) is 6.13. The fourth-order valence-corrected chi connectivity index (χ4v) is 3.18. The topological polar surface area (TPSA) is 54.0 Å². The summed E-state index contributed by atoms with van der Waals surface area (Å²) in [4.78, 5) is 16.5. The van der Waals surface area contributed by atoms with Crippen molar-refractivity contribution in [1.82, 2.24) is 15.6 Å². The van der Waals surface area contributed by atoms with Crippen LogP contribution in [0.1, 0.15) is 42.3 Å². The van der Waals surface area contributed by atoms with Crippen LogP contribution in [0.4, 0.5) is 0 Å². The minimum atomic E-state index is 0.189. The average molecular weight is 265 g/mol. The molecule has 1 aliphatic carbocycles. The standard InChI is InChI=1S/C13H19N3OS/c17-13(10-3-5-14-6-4-10)15-7-12-16-11(8-18-12)9-1-2-9/h8-10,14H,1-7H2,(H,15,17). The van der Waals surface area contributed by atoms with E-state index in [4.69, 9.17) is 0 Å². The van der Waals surface area contributed by atoms with E-state index in [1.165, 1.54) is 18.5 Å². The molecule has 0 radical (unpaired) electrons. The first-order chi connectivity index (χ1) is 8.83. The molecule has 0 bridgehead atoms. The van der Waals surface area contributed by atoms with E-state index in [2.05, 4.69) is 21.0 Å². The van der Waals surface area contributed by atoms with Crippen LogP contribution in [0.2, 0.25) is 0 Å². The molecule has 1 aromatic heterocycles. The van der Waals surface area contributed by atoms with E-state index in [0.717, 1.165) is 30.9 Å². The molecule has 2 heterocycles. The summed E-state index contributed by atoms with van der Waals surface area (Å²) < 4.78 is 0. The third kappa shape index (κ3) is 2.90. The first-order valence-electron chi connectivity index (χ1n) is 6.75. The molecule has 1 saturated carbocycles. The van der Waals surface area contributed by atoms with Gasteiger partial charge in [-0.2, -0.15) is 0 Å². The van der Waals surface area contributed by atoms with Gasteiger partial charge in [0.25, 0.3) is 0 Å². The maximum Gasteiger partial charge on any atom is 0.223 e. The molecule has 0 aromatic carbocycles. The van der Waals surface area contributed by atoms with Crippen molar-refractivity contribution in [2.45, 2.75) is 38.1 Å². The first kappa shape index (κ1) is 12.1. The zero-order chi connectivity index (χ0) is 12.4. The summed E-state index contributed by atoms with van der Waals surface area (Å²) in [5.41, 5.74) is 1.23. The molecule has 5 heteroatoms. The second kappa shape index (κ2) is 5.36. The number of rotatable bonds is 4. The smallest absolute Gasteiger partial charge is 0.223 e. The summed E-state index contributed by atoms with van der Waals surface area (Å²) in [5, 5.41) is 9.48. The monoisotopic (exact) mass is 265 g/mol. The van der Waals surface area contributed by atoms with E-state index in [0.29, 0.717) is 12.5 Å². The van der Waals surface area contributed by atoms with Crippen LogP contribution in [-0.4, -0.2) is 24.0 Å². The Labute approximate surface area is 111 Å². The van der Waals surface area contributed by atoms with Gasteiger partial charge in [0.05, 0.1) is 12.2 Å². The van der Waals surface area contributed by atoms with Crippen LogP contribution in [-0.2, 0) is 11.3 Å². The van der Waals surface area contributed by atoms with Crippen molar-refractivity contribution < 1.29 is 4.79 Å². The molecule has 98 valence electrons. The number of hydrogen-bond acceptors (Lipinski definition) is 4.